The third-order valence-electron chi connectivity index (χ3n) is 2.06. The van der Waals surface area contributed by atoms with Gasteiger partial charge in [0.2, 0.25) is 0 Å². The maximum absolute atomic E-state index is 4.09. The minimum absolute atomic E-state index is 1.19. The highest BCUT2D eigenvalue weighted by Gasteiger charge is 1.95. The first-order valence-electron chi connectivity index (χ1n) is 4.37. The van der Waals surface area contributed by atoms with Crippen LogP contribution in [0.2, 0.25) is 0 Å². The molecule has 0 bridgehead atoms. The van der Waals surface area contributed by atoms with Crippen LogP contribution >= 0.6 is 0 Å². The largest absolute Gasteiger partial charge is 0.264 e. The second-order valence-electron chi connectivity index (χ2n) is 2.94. The minimum atomic E-state index is 1.19. The molecule has 2 rings (SSSR count). The predicted molar refractivity (Wildman–Crippen MR) is 56.5 cm³/mol. The Morgan fingerprint density at radius 1 is 1.23 bits per heavy atom. The molecule has 0 aliphatic rings. The first-order valence-corrected chi connectivity index (χ1v) is 4.37. The van der Waals surface area contributed by atoms with Crippen LogP contribution in [-0.2, 0) is 0 Å². The molecule has 0 spiro atoms. The first kappa shape index (κ1) is 7.99. The zero-order valence-corrected chi connectivity index (χ0v) is 7.57. The van der Waals surface area contributed by atoms with Gasteiger partial charge in [-0.15, -0.1) is 0 Å². The average Bonchev–Trinajstić information content (AvgIpc) is 2.19. The van der Waals surface area contributed by atoms with Crippen LogP contribution in [0.15, 0.2) is 42.7 Å². The minimum Gasteiger partial charge on any atom is -0.264 e. The first-order chi connectivity index (χ1) is 6.42. The van der Waals surface area contributed by atoms with E-state index in [1.54, 1.807) is 0 Å². The van der Waals surface area contributed by atoms with Crippen LogP contribution in [-0.4, -0.2) is 4.98 Å². The van der Waals surface area contributed by atoms with E-state index >= 15 is 0 Å². The van der Waals surface area contributed by atoms with Crippen molar-refractivity contribution in [1.82, 2.24) is 4.98 Å². The number of benzene rings is 1. The van der Waals surface area contributed by atoms with E-state index < -0.39 is 0 Å². The van der Waals surface area contributed by atoms with Crippen molar-refractivity contribution >= 4 is 16.8 Å². The Morgan fingerprint density at radius 2 is 2.15 bits per heavy atom. The topological polar surface area (TPSA) is 12.9 Å². The Morgan fingerprint density at radius 3 is 3.00 bits per heavy atom. The number of aromatic nitrogens is 1. The van der Waals surface area contributed by atoms with Crippen LogP contribution in [0.3, 0.4) is 0 Å². The normalized spacial score (nSPS) is 11.2. The fraction of sp³-hybridized carbons (Fsp3) is 0.0833. The van der Waals surface area contributed by atoms with Crippen molar-refractivity contribution in [1.29, 1.82) is 0 Å². The van der Waals surface area contributed by atoms with Gasteiger partial charge in [-0.3, -0.25) is 4.98 Å². The number of allylic oxidation sites excluding steroid dienone is 1. The summed E-state index contributed by atoms with van der Waals surface area (Å²) in [5.74, 6) is 0. The lowest BCUT2D eigenvalue weighted by molar-refractivity contribution is 1.36. The molecule has 2 aromatic rings. The van der Waals surface area contributed by atoms with Crippen molar-refractivity contribution in [3.05, 3.63) is 48.3 Å². The van der Waals surface area contributed by atoms with Gasteiger partial charge < -0.3 is 0 Å². The summed E-state index contributed by atoms with van der Waals surface area (Å²) in [6.45, 7) is 2.03. The fourth-order valence-corrected chi connectivity index (χ4v) is 1.47. The molecule has 13 heavy (non-hydrogen) atoms. The highest BCUT2D eigenvalue weighted by Crippen LogP contribution is 2.18. The van der Waals surface area contributed by atoms with Gasteiger partial charge in [0.1, 0.15) is 0 Å². The van der Waals surface area contributed by atoms with Gasteiger partial charge >= 0.3 is 0 Å². The number of pyridine rings is 1. The van der Waals surface area contributed by atoms with E-state index in [0.29, 0.717) is 0 Å². The fourth-order valence-electron chi connectivity index (χ4n) is 1.47. The summed E-state index contributed by atoms with van der Waals surface area (Å²) in [7, 11) is 0. The Kier molecular flexibility index (Phi) is 2.09. The molecule has 64 valence electrons. The number of hydrogen-bond acceptors (Lipinski definition) is 1. The van der Waals surface area contributed by atoms with Gasteiger partial charge in [-0.05, 0) is 23.9 Å². The Bertz CT molecular complexity index is 438. The molecule has 0 unspecified atom stereocenters. The molecule has 0 aliphatic heterocycles. The Balaban J connectivity index is 2.75. The molecule has 1 aromatic heterocycles. The quantitative estimate of drug-likeness (QED) is 0.638. The lowest BCUT2D eigenvalue weighted by Gasteiger charge is -1.99. The van der Waals surface area contributed by atoms with Gasteiger partial charge in [0.25, 0.3) is 0 Å². The van der Waals surface area contributed by atoms with E-state index in [0.717, 1.165) is 0 Å². The van der Waals surface area contributed by atoms with Crippen LogP contribution in [0.5, 0.6) is 0 Å². The number of hydrogen-bond donors (Lipinski definition) is 0. The van der Waals surface area contributed by atoms with Crippen molar-refractivity contribution < 1.29 is 0 Å². The molecule has 0 aliphatic carbocycles. The number of rotatable bonds is 1. The second kappa shape index (κ2) is 3.40. The number of nitrogens with zero attached hydrogens (tertiary/aromatic N) is 1. The summed E-state index contributed by atoms with van der Waals surface area (Å²) in [5.41, 5.74) is 1.25. The summed E-state index contributed by atoms with van der Waals surface area (Å²) in [4.78, 5) is 4.09. The van der Waals surface area contributed by atoms with Crippen LogP contribution in [0, 0.1) is 0 Å². The summed E-state index contributed by atoms with van der Waals surface area (Å²) in [6, 6.07) is 8.29. The summed E-state index contributed by atoms with van der Waals surface area (Å²) in [6.07, 6.45) is 7.88. The van der Waals surface area contributed by atoms with Crippen LogP contribution in [0.4, 0.5) is 0 Å². The smallest absolute Gasteiger partial charge is 0.0346 e. The monoisotopic (exact) mass is 169 g/mol. The van der Waals surface area contributed by atoms with E-state index in [-0.39, 0.29) is 0 Å². The van der Waals surface area contributed by atoms with Crippen molar-refractivity contribution in [2.75, 3.05) is 0 Å². The molecular formula is C12H11N. The van der Waals surface area contributed by atoms with Crippen LogP contribution in [0.25, 0.3) is 16.8 Å². The molecule has 0 atom stereocenters. The Hall–Kier alpha value is -1.63. The standard InChI is InChI=1S/C12H11N/c1-2-4-10-5-3-6-11-9-13-8-7-12(10)11/h2-9H,1H3. The van der Waals surface area contributed by atoms with Crippen molar-refractivity contribution in [3.8, 4) is 0 Å². The van der Waals surface area contributed by atoms with E-state index in [9.17, 15) is 0 Å². The lowest BCUT2D eigenvalue weighted by Crippen LogP contribution is -1.78. The molecule has 0 amide bonds. The van der Waals surface area contributed by atoms with E-state index in [1.807, 2.05) is 25.4 Å². The zero-order chi connectivity index (χ0) is 9.10. The highest BCUT2D eigenvalue weighted by atomic mass is 14.6. The van der Waals surface area contributed by atoms with Crippen molar-refractivity contribution in [2.24, 2.45) is 0 Å². The number of fused-ring (bicyclic) bond motifs is 1. The van der Waals surface area contributed by atoms with E-state index in [1.165, 1.54) is 16.3 Å². The SMILES string of the molecule is CC=Cc1cccc2cnccc12. The van der Waals surface area contributed by atoms with Crippen molar-refractivity contribution in [2.45, 2.75) is 6.92 Å². The molecule has 0 fully saturated rings. The molecular weight excluding hydrogens is 158 g/mol. The molecule has 0 radical (unpaired) electrons. The summed E-state index contributed by atoms with van der Waals surface area (Å²) < 4.78 is 0. The molecule has 0 N–H and O–H groups in total. The Labute approximate surface area is 77.7 Å². The second-order valence-corrected chi connectivity index (χ2v) is 2.94. The van der Waals surface area contributed by atoms with Crippen LogP contribution in [0.1, 0.15) is 12.5 Å². The van der Waals surface area contributed by atoms with E-state index in [2.05, 4.69) is 35.3 Å². The third kappa shape index (κ3) is 1.45. The van der Waals surface area contributed by atoms with Gasteiger partial charge in [0.15, 0.2) is 0 Å². The molecule has 1 nitrogen and oxygen atoms in total. The van der Waals surface area contributed by atoms with Crippen molar-refractivity contribution in [3.63, 3.8) is 0 Å². The van der Waals surface area contributed by atoms with Gasteiger partial charge in [0.05, 0.1) is 0 Å². The van der Waals surface area contributed by atoms with Gasteiger partial charge in [-0.1, -0.05) is 30.4 Å². The molecule has 1 heteroatoms. The molecule has 1 heterocycles. The van der Waals surface area contributed by atoms with E-state index in [4.69, 9.17) is 0 Å². The van der Waals surface area contributed by atoms with Gasteiger partial charge in [0, 0.05) is 17.8 Å². The molecule has 0 saturated heterocycles. The highest BCUT2D eigenvalue weighted by molar-refractivity contribution is 5.89. The van der Waals surface area contributed by atoms with Crippen LogP contribution < -0.4 is 0 Å². The zero-order valence-electron chi connectivity index (χ0n) is 7.57. The average molecular weight is 169 g/mol. The maximum Gasteiger partial charge on any atom is 0.0346 e. The predicted octanol–water partition coefficient (Wildman–Crippen LogP) is 3.27. The van der Waals surface area contributed by atoms with Gasteiger partial charge in [-0.25, -0.2) is 0 Å². The molecule has 1 aromatic carbocycles. The molecule has 0 saturated carbocycles. The van der Waals surface area contributed by atoms with Gasteiger partial charge in [-0.2, -0.15) is 0 Å². The summed E-state index contributed by atoms with van der Waals surface area (Å²) in [5, 5.41) is 2.45. The lowest BCUT2D eigenvalue weighted by atomic mass is 10.1. The third-order valence-corrected chi connectivity index (χ3v) is 2.06. The maximum atomic E-state index is 4.09. The summed E-state index contributed by atoms with van der Waals surface area (Å²) >= 11 is 0.